The zero-order chi connectivity index (χ0) is 14.1. The summed E-state index contributed by atoms with van der Waals surface area (Å²) in [7, 11) is 0. The molecule has 106 valence electrons. The summed E-state index contributed by atoms with van der Waals surface area (Å²) < 4.78 is 0. The van der Waals surface area contributed by atoms with Crippen LogP contribution < -0.4 is 10.6 Å². The number of hydrogen-bond acceptors (Lipinski definition) is 4. The lowest BCUT2D eigenvalue weighted by Gasteiger charge is -2.30. The fraction of sp³-hybridized carbons (Fsp3) is 0.500. The predicted octanol–water partition coefficient (Wildman–Crippen LogP) is 1.14. The van der Waals surface area contributed by atoms with Crippen molar-refractivity contribution < 1.29 is 4.79 Å². The maximum Gasteiger partial charge on any atom is 0.253 e. The summed E-state index contributed by atoms with van der Waals surface area (Å²) >= 11 is 0. The number of rotatable bonds is 2. The number of fused-ring (bicyclic) bond motifs is 1. The summed E-state index contributed by atoms with van der Waals surface area (Å²) in [6, 6.07) is 2.33. The molecule has 0 bridgehead atoms. The Kier molecular flexibility index (Phi) is 3.40. The van der Waals surface area contributed by atoms with Gasteiger partial charge in [0.15, 0.2) is 5.65 Å². The van der Waals surface area contributed by atoms with Gasteiger partial charge in [0.1, 0.15) is 0 Å². The Bertz CT molecular complexity index is 636. The van der Waals surface area contributed by atoms with Gasteiger partial charge in [0, 0.05) is 29.4 Å². The molecule has 1 aliphatic rings. The summed E-state index contributed by atoms with van der Waals surface area (Å²) in [6.45, 7) is 5.05. The molecule has 1 aliphatic heterocycles. The highest BCUT2D eigenvalue weighted by Crippen LogP contribution is 2.15. The second-order valence-corrected chi connectivity index (χ2v) is 5.41. The summed E-state index contributed by atoms with van der Waals surface area (Å²) in [5.74, 6) is -0.0689. The first kappa shape index (κ1) is 13.1. The molecule has 1 fully saturated rings. The average molecular weight is 273 g/mol. The fourth-order valence-electron chi connectivity index (χ4n) is 2.64. The highest BCUT2D eigenvalue weighted by Gasteiger charge is 2.23. The van der Waals surface area contributed by atoms with Crippen molar-refractivity contribution in [2.75, 3.05) is 6.54 Å². The molecule has 0 saturated carbocycles. The number of nitrogens with one attached hydrogen (secondary N) is 3. The summed E-state index contributed by atoms with van der Waals surface area (Å²) in [5.41, 5.74) is 2.15. The Morgan fingerprint density at radius 2 is 2.35 bits per heavy atom. The predicted molar refractivity (Wildman–Crippen MR) is 76.6 cm³/mol. The van der Waals surface area contributed by atoms with Crippen LogP contribution in [0.25, 0.3) is 11.0 Å². The van der Waals surface area contributed by atoms with E-state index < -0.39 is 0 Å². The first-order valence-electron chi connectivity index (χ1n) is 7.00. The SMILES string of the molecule is Cc1[nH]nc2ncc(C(=O)NC3CCCNC3C)cc12. The van der Waals surface area contributed by atoms with Crippen LogP contribution in [0.15, 0.2) is 12.3 Å². The normalized spacial score (nSPS) is 22.9. The molecular weight excluding hydrogens is 254 g/mol. The standard InChI is InChI=1S/C14H19N5O/c1-8-11-6-10(7-16-13(11)19-18-8)14(20)17-12-4-3-5-15-9(12)2/h6-7,9,12,15H,3-5H2,1-2H3,(H,17,20)(H,16,18,19). The third-order valence-electron chi connectivity index (χ3n) is 3.94. The maximum atomic E-state index is 12.3. The van der Waals surface area contributed by atoms with E-state index in [-0.39, 0.29) is 11.9 Å². The van der Waals surface area contributed by atoms with Crippen LogP contribution in [0.4, 0.5) is 0 Å². The van der Waals surface area contributed by atoms with Gasteiger partial charge in [-0.25, -0.2) is 4.98 Å². The Balaban J connectivity index is 1.79. The summed E-state index contributed by atoms with van der Waals surface area (Å²) in [5, 5.41) is 14.3. The minimum atomic E-state index is -0.0689. The number of aromatic nitrogens is 3. The quantitative estimate of drug-likeness (QED) is 0.766. The monoisotopic (exact) mass is 273 g/mol. The number of aryl methyl sites for hydroxylation is 1. The van der Waals surface area contributed by atoms with Crippen molar-refractivity contribution in [2.24, 2.45) is 0 Å². The summed E-state index contributed by atoms with van der Waals surface area (Å²) in [4.78, 5) is 16.5. The number of carbonyl (C=O) groups excluding carboxylic acids is 1. The number of pyridine rings is 1. The lowest BCUT2D eigenvalue weighted by molar-refractivity contribution is 0.0919. The molecule has 2 unspecified atom stereocenters. The van der Waals surface area contributed by atoms with Gasteiger partial charge in [-0.2, -0.15) is 5.10 Å². The lowest BCUT2D eigenvalue weighted by Crippen LogP contribution is -2.51. The molecule has 0 aliphatic carbocycles. The van der Waals surface area contributed by atoms with Crippen molar-refractivity contribution in [2.45, 2.75) is 38.8 Å². The molecule has 2 aromatic rings. The van der Waals surface area contributed by atoms with E-state index in [1.54, 1.807) is 6.20 Å². The molecule has 0 radical (unpaired) electrons. The van der Waals surface area contributed by atoms with Gasteiger partial charge >= 0.3 is 0 Å². The van der Waals surface area contributed by atoms with Gasteiger partial charge in [0.05, 0.1) is 5.56 Å². The van der Waals surface area contributed by atoms with Crippen LogP contribution in [0, 0.1) is 6.92 Å². The average Bonchev–Trinajstić information content (AvgIpc) is 2.82. The van der Waals surface area contributed by atoms with Crippen molar-refractivity contribution in [3.63, 3.8) is 0 Å². The van der Waals surface area contributed by atoms with Gasteiger partial charge in [0.25, 0.3) is 5.91 Å². The second kappa shape index (κ2) is 5.20. The third-order valence-corrected chi connectivity index (χ3v) is 3.94. The maximum absolute atomic E-state index is 12.3. The number of aromatic amines is 1. The van der Waals surface area contributed by atoms with Gasteiger partial charge < -0.3 is 10.6 Å². The van der Waals surface area contributed by atoms with Crippen LogP contribution >= 0.6 is 0 Å². The van der Waals surface area contributed by atoms with E-state index >= 15 is 0 Å². The number of hydrogen-bond donors (Lipinski definition) is 3. The first-order chi connectivity index (χ1) is 9.65. The number of piperidine rings is 1. The number of nitrogens with zero attached hydrogens (tertiary/aromatic N) is 2. The molecular formula is C14H19N5O. The van der Waals surface area contributed by atoms with E-state index in [1.807, 2.05) is 13.0 Å². The number of H-pyrrole nitrogens is 1. The highest BCUT2D eigenvalue weighted by molar-refractivity contribution is 5.97. The van der Waals surface area contributed by atoms with Gasteiger partial charge in [-0.15, -0.1) is 0 Å². The van der Waals surface area contributed by atoms with E-state index in [9.17, 15) is 4.79 Å². The molecule has 1 saturated heterocycles. The second-order valence-electron chi connectivity index (χ2n) is 5.41. The molecule has 6 nitrogen and oxygen atoms in total. The molecule has 3 rings (SSSR count). The molecule has 6 heteroatoms. The molecule has 0 aromatic carbocycles. The van der Waals surface area contributed by atoms with Crippen LogP contribution in [0.3, 0.4) is 0 Å². The van der Waals surface area contributed by atoms with E-state index in [0.29, 0.717) is 17.3 Å². The van der Waals surface area contributed by atoms with Crippen LogP contribution in [0.5, 0.6) is 0 Å². The number of amides is 1. The molecule has 3 heterocycles. The van der Waals surface area contributed by atoms with Gasteiger partial charge in [-0.05, 0) is 39.3 Å². The van der Waals surface area contributed by atoms with Crippen molar-refractivity contribution in [3.05, 3.63) is 23.5 Å². The van der Waals surface area contributed by atoms with Crippen molar-refractivity contribution in [1.29, 1.82) is 0 Å². The van der Waals surface area contributed by atoms with E-state index in [4.69, 9.17) is 0 Å². The van der Waals surface area contributed by atoms with Gasteiger partial charge in [0.2, 0.25) is 0 Å². The zero-order valence-corrected chi connectivity index (χ0v) is 11.7. The minimum Gasteiger partial charge on any atom is -0.348 e. The molecule has 2 atom stereocenters. The molecule has 0 spiro atoms. The molecule has 20 heavy (non-hydrogen) atoms. The Labute approximate surface area is 117 Å². The van der Waals surface area contributed by atoms with Crippen molar-refractivity contribution in [3.8, 4) is 0 Å². The smallest absolute Gasteiger partial charge is 0.253 e. The van der Waals surface area contributed by atoms with Gasteiger partial charge in [-0.1, -0.05) is 0 Å². The highest BCUT2D eigenvalue weighted by atomic mass is 16.1. The zero-order valence-electron chi connectivity index (χ0n) is 11.7. The molecule has 1 amide bonds. The number of carbonyl (C=O) groups is 1. The topological polar surface area (TPSA) is 82.7 Å². The van der Waals surface area contributed by atoms with Crippen LogP contribution in [0.1, 0.15) is 35.8 Å². The van der Waals surface area contributed by atoms with E-state index in [2.05, 4.69) is 32.7 Å². The summed E-state index contributed by atoms with van der Waals surface area (Å²) in [6.07, 6.45) is 3.69. The Morgan fingerprint density at radius 3 is 3.15 bits per heavy atom. The minimum absolute atomic E-state index is 0.0689. The third kappa shape index (κ3) is 2.38. The van der Waals surface area contributed by atoms with Crippen LogP contribution in [-0.4, -0.2) is 39.7 Å². The van der Waals surface area contributed by atoms with Crippen molar-refractivity contribution >= 4 is 16.9 Å². The fourth-order valence-corrected chi connectivity index (χ4v) is 2.64. The molecule has 3 N–H and O–H groups in total. The van der Waals surface area contributed by atoms with Crippen molar-refractivity contribution in [1.82, 2.24) is 25.8 Å². The first-order valence-corrected chi connectivity index (χ1v) is 7.00. The van der Waals surface area contributed by atoms with Crippen LogP contribution in [-0.2, 0) is 0 Å². The van der Waals surface area contributed by atoms with Gasteiger partial charge in [-0.3, -0.25) is 9.89 Å². The van der Waals surface area contributed by atoms with E-state index in [1.165, 1.54) is 0 Å². The van der Waals surface area contributed by atoms with E-state index in [0.717, 1.165) is 30.5 Å². The lowest BCUT2D eigenvalue weighted by atomic mass is 9.99. The van der Waals surface area contributed by atoms with Crippen LogP contribution in [0.2, 0.25) is 0 Å². The largest absolute Gasteiger partial charge is 0.348 e. The Hall–Kier alpha value is -1.95. The molecule has 2 aromatic heterocycles. The Morgan fingerprint density at radius 1 is 1.50 bits per heavy atom.